The van der Waals surface area contributed by atoms with E-state index >= 15 is 0 Å². The van der Waals surface area contributed by atoms with Crippen LogP contribution in [0, 0.1) is 0 Å². The van der Waals surface area contributed by atoms with Crippen molar-refractivity contribution in [3.05, 3.63) is 91.5 Å². The molecule has 13 nitrogen and oxygen atoms in total. The monoisotopic (exact) mass is 774 g/mol. The third-order valence-corrected chi connectivity index (χ3v) is 8.67. The van der Waals surface area contributed by atoms with Crippen LogP contribution in [0.3, 0.4) is 0 Å². The Bertz CT molecular complexity index is 1700. The number of amides is 4. The Morgan fingerprint density at radius 2 is 1.55 bits per heavy atom. The molecule has 296 valence electrons. The highest BCUT2D eigenvalue weighted by atomic mass is 32.2. The van der Waals surface area contributed by atoms with Gasteiger partial charge in [0.15, 0.2) is 5.82 Å². The van der Waals surface area contributed by atoms with E-state index in [2.05, 4.69) is 43.8 Å². The summed E-state index contributed by atoms with van der Waals surface area (Å²) >= 11 is 1.30. The largest absolute Gasteiger partial charge is 0.481 e. The van der Waals surface area contributed by atoms with Crippen LogP contribution in [-0.2, 0) is 19.1 Å². The van der Waals surface area contributed by atoms with Crippen LogP contribution in [0.25, 0.3) is 11.4 Å². The molecule has 0 fully saturated rings. The zero-order valence-corrected chi connectivity index (χ0v) is 33.0. The highest BCUT2D eigenvalue weighted by Crippen LogP contribution is 2.27. The number of nitrogens with zero attached hydrogens (tertiary/aromatic N) is 2. The van der Waals surface area contributed by atoms with Gasteiger partial charge >= 0.3 is 6.09 Å². The molecule has 0 aliphatic rings. The molecule has 55 heavy (non-hydrogen) atoms. The number of aromatic nitrogens is 2. The van der Waals surface area contributed by atoms with E-state index in [1.54, 1.807) is 51.1 Å². The quantitative estimate of drug-likeness (QED) is 0.0434. The SMILES string of the molecule is C=CCCCCC[C@H](NC(=O)OC(C)(C)C)C(=O)NC(C(=O)NCCC(=O)NSCCCC=C)c1ccc(Oc2cc(OC)nc(-c3ccccc3)n2)cc1. The Morgan fingerprint density at radius 3 is 2.22 bits per heavy atom. The summed E-state index contributed by atoms with van der Waals surface area (Å²) in [6.45, 7) is 12.7. The number of carbonyl (C=O) groups is 4. The Morgan fingerprint density at radius 1 is 0.855 bits per heavy atom. The molecule has 1 heterocycles. The van der Waals surface area contributed by atoms with E-state index in [1.165, 1.54) is 19.1 Å². The Balaban J connectivity index is 1.81. The van der Waals surface area contributed by atoms with Crippen molar-refractivity contribution in [2.24, 2.45) is 0 Å². The number of unbranched alkanes of at least 4 members (excludes halogenated alkanes) is 4. The first-order chi connectivity index (χ1) is 26.4. The normalized spacial score (nSPS) is 12.0. The Hall–Kier alpha value is -5.37. The van der Waals surface area contributed by atoms with Crippen molar-refractivity contribution in [1.29, 1.82) is 0 Å². The molecular weight excluding hydrogens is 721 g/mol. The van der Waals surface area contributed by atoms with Crippen molar-refractivity contribution >= 4 is 35.8 Å². The first-order valence-electron chi connectivity index (χ1n) is 18.4. The van der Waals surface area contributed by atoms with Gasteiger partial charge in [-0.1, -0.05) is 79.4 Å². The van der Waals surface area contributed by atoms with E-state index < -0.39 is 35.6 Å². The first kappa shape index (κ1) is 44.0. The minimum absolute atomic E-state index is 0.0354. The van der Waals surface area contributed by atoms with Gasteiger partial charge in [0.2, 0.25) is 29.5 Å². The third kappa shape index (κ3) is 16.7. The van der Waals surface area contributed by atoms with Crippen LogP contribution in [0.5, 0.6) is 17.5 Å². The number of rotatable bonds is 23. The molecule has 3 rings (SSSR count). The molecule has 4 amide bonds. The second-order valence-corrected chi connectivity index (χ2v) is 14.4. The van der Waals surface area contributed by atoms with Gasteiger partial charge in [-0.15, -0.1) is 13.2 Å². The number of methoxy groups -OCH3 is 1. The molecule has 2 atom stereocenters. The lowest BCUT2D eigenvalue weighted by Gasteiger charge is -2.25. The molecule has 1 unspecified atom stereocenters. The van der Waals surface area contributed by atoms with Crippen molar-refractivity contribution in [2.75, 3.05) is 19.4 Å². The molecule has 0 spiro atoms. The second kappa shape index (κ2) is 23.4. The zero-order chi connectivity index (χ0) is 40.1. The molecule has 0 bridgehead atoms. The standard InChI is InChI=1S/C41H54N6O7S/c1-7-9-11-12-16-20-32(43-40(51)54-41(3,4)5)38(49)46-36(39(50)42-26-25-33(48)47-55-27-17-10-8-2)29-21-23-31(24-22-29)53-35-28-34(52-6)44-37(45-35)30-18-14-13-15-19-30/h7-8,13-15,18-19,21-24,28,32,36H,1-2,9-12,16-17,20,25-27H2,3-6H3,(H,42,50)(H,43,51)(H,46,49)(H,47,48)/t32-,36?/m0/s1. The lowest BCUT2D eigenvalue weighted by atomic mass is 10.0. The molecule has 1 aromatic heterocycles. The molecule has 3 aromatic rings. The van der Waals surface area contributed by atoms with Crippen molar-refractivity contribution in [2.45, 2.75) is 89.8 Å². The number of alkyl carbamates (subject to hydrolysis) is 1. The van der Waals surface area contributed by atoms with Gasteiger partial charge in [-0.3, -0.25) is 14.4 Å². The third-order valence-electron chi connectivity index (χ3n) is 7.81. The van der Waals surface area contributed by atoms with E-state index in [-0.39, 0.29) is 24.8 Å². The topological polar surface area (TPSA) is 170 Å². The summed E-state index contributed by atoms with van der Waals surface area (Å²) < 4.78 is 19.6. The van der Waals surface area contributed by atoms with Crippen LogP contribution < -0.4 is 30.1 Å². The number of nitrogens with one attached hydrogen (secondary N) is 4. The van der Waals surface area contributed by atoms with Gasteiger partial charge in [0, 0.05) is 24.3 Å². The number of hydrogen-bond acceptors (Lipinski definition) is 10. The van der Waals surface area contributed by atoms with Gasteiger partial charge in [-0.25, -0.2) is 4.79 Å². The smallest absolute Gasteiger partial charge is 0.408 e. The number of allylic oxidation sites excluding steroid dienone is 2. The van der Waals surface area contributed by atoms with Crippen LogP contribution in [0.2, 0.25) is 0 Å². The molecule has 0 aliphatic carbocycles. The van der Waals surface area contributed by atoms with E-state index in [4.69, 9.17) is 14.2 Å². The molecule has 4 N–H and O–H groups in total. The lowest BCUT2D eigenvalue weighted by Crippen LogP contribution is -2.51. The number of ether oxygens (including phenoxy) is 3. The number of benzene rings is 2. The molecule has 0 aliphatic heterocycles. The molecule has 14 heteroatoms. The fourth-order valence-electron chi connectivity index (χ4n) is 5.09. The van der Waals surface area contributed by atoms with Crippen LogP contribution in [-0.4, -0.2) is 64.8 Å². The van der Waals surface area contributed by atoms with E-state index in [0.29, 0.717) is 35.9 Å². The van der Waals surface area contributed by atoms with Crippen LogP contribution >= 0.6 is 11.9 Å². The van der Waals surface area contributed by atoms with Crippen molar-refractivity contribution < 1.29 is 33.4 Å². The van der Waals surface area contributed by atoms with E-state index in [9.17, 15) is 19.2 Å². The minimum Gasteiger partial charge on any atom is -0.481 e. The van der Waals surface area contributed by atoms with Crippen LogP contribution in [0.15, 0.2) is 86.0 Å². The predicted octanol–water partition coefficient (Wildman–Crippen LogP) is 7.37. The molecule has 0 saturated heterocycles. The van der Waals surface area contributed by atoms with Gasteiger partial charge in [-0.05, 0) is 70.6 Å². The molecular formula is C41H54N6O7S. The summed E-state index contributed by atoms with van der Waals surface area (Å²) in [6.07, 6.45) is 8.20. The summed E-state index contributed by atoms with van der Waals surface area (Å²) in [5.74, 6) is 0.775. The molecule has 0 saturated carbocycles. The summed E-state index contributed by atoms with van der Waals surface area (Å²) in [7, 11) is 1.50. The average Bonchev–Trinajstić information content (AvgIpc) is 3.16. The zero-order valence-electron chi connectivity index (χ0n) is 32.2. The summed E-state index contributed by atoms with van der Waals surface area (Å²) in [5.41, 5.74) is 0.437. The lowest BCUT2D eigenvalue weighted by molar-refractivity contribution is -0.130. The van der Waals surface area contributed by atoms with Crippen LogP contribution in [0.1, 0.15) is 83.7 Å². The summed E-state index contributed by atoms with van der Waals surface area (Å²) in [6, 6.07) is 15.4. The number of carbonyl (C=O) groups excluding carboxylic acids is 4. The van der Waals surface area contributed by atoms with Gasteiger partial charge in [0.25, 0.3) is 0 Å². The van der Waals surface area contributed by atoms with Crippen LogP contribution in [0.4, 0.5) is 4.79 Å². The average molecular weight is 775 g/mol. The minimum atomic E-state index is -1.18. The maximum atomic E-state index is 13.8. The van der Waals surface area contributed by atoms with Crippen molar-refractivity contribution in [3.63, 3.8) is 0 Å². The van der Waals surface area contributed by atoms with Crippen molar-refractivity contribution in [3.8, 4) is 28.9 Å². The Labute approximate surface area is 328 Å². The van der Waals surface area contributed by atoms with Crippen molar-refractivity contribution in [1.82, 2.24) is 30.6 Å². The summed E-state index contributed by atoms with van der Waals surface area (Å²) in [5, 5.41) is 8.29. The van der Waals surface area contributed by atoms with Gasteiger partial charge in [-0.2, -0.15) is 9.97 Å². The fraction of sp³-hybridized carbons (Fsp3) is 0.415. The van der Waals surface area contributed by atoms with E-state index in [1.807, 2.05) is 42.5 Å². The maximum Gasteiger partial charge on any atom is 0.408 e. The predicted molar refractivity (Wildman–Crippen MR) is 216 cm³/mol. The van der Waals surface area contributed by atoms with E-state index in [0.717, 1.165) is 43.4 Å². The molecule has 2 aromatic carbocycles. The highest BCUT2D eigenvalue weighted by Gasteiger charge is 2.29. The first-order valence-corrected chi connectivity index (χ1v) is 19.4. The number of hydrogen-bond donors (Lipinski definition) is 4. The fourth-order valence-corrected chi connectivity index (χ4v) is 5.76. The highest BCUT2D eigenvalue weighted by molar-refractivity contribution is 7.97. The van der Waals surface area contributed by atoms with Gasteiger partial charge in [0.1, 0.15) is 23.4 Å². The maximum absolute atomic E-state index is 13.8. The van der Waals surface area contributed by atoms with Gasteiger partial charge < -0.3 is 34.9 Å². The second-order valence-electron chi connectivity index (χ2n) is 13.5. The summed E-state index contributed by atoms with van der Waals surface area (Å²) in [4.78, 5) is 61.7. The molecule has 0 radical (unpaired) electrons. The Kier molecular flexibility index (Phi) is 18.8. The van der Waals surface area contributed by atoms with Gasteiger partial charge in [0.05, 0.1) is 13.2 Å².